The molecule has 0 radical (unpaired) electrons. The van der Waals surface area contributed by atoms with Crippen molar-refractivity contribution in [1.29, 1.82) is 0 Å². The van der Waals surface area contributed by atoms with Crippen molar-refractivity contribution in [2.24, 2.45) is 0 Å². The van der Waals surface area contributed by atoms with Crippen LogP contribution in [0.5, 0.6) is 5.75 Å². The van der Waals surface area contributed by atoms with Crippen molar-refractivity contribution in [2.75, 3.05) is 31.6 Å². The number of nitrogens with zero attached hydrogens (tertiary/aromatic N) is 2. The Morgan fingerprint density at radius 3 is 2.16 bits per heavy atom. The highest BCUT2D eigenvalue weighted by atomic mass is 32.2. The zero-order valence-electron chi connectivity index (χ0n) is 17.8. The molecule has 0 heterocycles. The first-order valence-corrected chi connectivity index (χ1v) is 11.5. The maximum absolute atomic E-state index is 13.4. The van der Waals surface area contributed by atoms with E-state index in [4.69, 9.17) is 4.74 Å². The van der Waals surface area contributed by atoms with Gasteiger partial charge >= 0.3 is 0 Å². The molecule has 6 nitrogen and oxygen atoms in total. The molecule has 7 heteroatoms. The molecule has 0 unspecified atom stereocenters. The van der Waals surface area contributed by atoms with Gasteiger partial charge in [-0.05, 0) is 48.5 Å². The molecule has 0 saturated heterocycles. The topological polar surface area (TPSA) is 70.1 Å². The first kappa shape index (κ1) is 22.8. The Labute approximate surface area is 184 Å². The monoisotopic (exact) mass is 440 g/mol. The second-order valence-corrected chi connectivity index (χ2v) is 9.13. The third-order valence-electron chi connectivity index (χ3n) is 4.95. The highest BCUT2D eigenvalue weighted by Gasteiger charge is 2.26. The summed E-state index contributed by atoms with van der Waals surface area (Å²) in [6.07, 6.45) is 0. The average molecular weight is 441 g/mol. The molecule has 3 aromatic carbocycles. The van der Waals surface area contributed by atoms with E-state index in [1.54, 1.807) is 18.2 Å². The predicted octanol–water partition coefficient (Wildman–Crippen LogP) is 3.51. The lowest BCUT2D eigenvalue weighted by molar-refractivity contribution is 0.305. The number of ether oxygens (including phenoxy) is 1. The normalized spacial score (nSPS) is 11.5. The summed E-state index contributed by atoms with van der Waals surface area (Å²) in [5.74, 6) is 0.579. The number of aliphatic hydroxyl groups excluding tert-OH is 1. The summed E-state index contributed by atoms with van der Waals surface area (Å²) in [5, 5.41) is 9.62. The largest absolute Gasteiger partial charge is 0.497 e. The van der Waals surface area contributed by atoms with E-state index in [1.807, 2.05) is 43.4 Å². The maximum Gasteiger partial charge on any atom is 0.264 e. The van der Waals surface area contributed by atoms with Crippen molar-refractivity contribution >= 4 is 15.7 Å². The summed E-state index contributed by atoms with van der Waals surface area (Å²) < 4.78 is 33.2. The number of aliphatic hydroxyl groups is 1. The maximum atomic E-state index is 13.4. The smallest absolute Gasteiger partial charge is 0.264 e. The molecule has 0 atom stereocenters. The van der Waals surface area contributed by atoms with E-state index in [2.05, 4.69) is 17.0 Å². The molecule has 0 spiro atoms. The molecule has 3 aromatic rings. The first-order valence-electron chi connectivity index (χ1n) is 10.0. The molecule has 0 aliphatic carbocycles. The number of anilines is 1. The molecule has 3 rings (SSSR count). The molecule has 0 aliphatic rings. The van der Waals surface area contributed by atoms with Crippen molar-refractivity contribution < 1.29 is 18.3 Å². The van der Waals surface area contributed by atoms with Crippen LogP contribution < -0.4 is 9.04 Å². The van der Waals surface area contributed by atoms with Crippen LogP contribution in [0.3, 0.4) is 0 Å². The molecule has 0 amide bonds. The van der Waals surface area contributed by atoms with Crippen molar-refractivity contribution in [3.63, 3.8) is 0 Å². The van der Waals surface area contributed by atoms with Gasteiger partial charge in [0, 0.05) is 13.1 Å². The van der Waals surface area contributed by atoms with Crippen LogP contribution in [-0.4, -0.2) is 45.7 Å². The summed E-state index contributed by atoms with van der Waals surface area (Å²) in [7, 11) is -0.330. The van der Waals surface area contributed by atoms with Gasteiger partial charge in [-0.3, -0.25) is 9.21 Å². The number of para-hydroxylation sites is 1. The summed E-state index contributed by atoms with van der Waals surface area (Å²) in [6.45, 7) is 0.975. The summed E-state index contributed by atoms with van der Waals surface area (Å²) in [6, 6.07) is 23.8. The lowest BCUT2D eigenvalue weighted by Gasteiger charge is -2.27. The van der Waals surface area contributed by atoms with E-state index in [-0.39, 0.29) is 18.0 Å². The molecular formula is C24H28N2O4S. The summed E-state index contributed by atoms with van der Waals surface area (Å²) in [5.41, 5.74) is 2.61. The molecule has 0 aromatic heterocycles. The van der Waals surface area contributed by atoms with Crippen molar-refractivity contribution in [2.45, 2.75) is 18.0 Å². The standard InChI is InChI=1S/C24H28N2O4S/c1-25(18-20-8-4-3-5-9-20)19-21-10-6-7-11-24(21)26(16-17-27)31(28,29)23-14-12-22(30-2)13-15-23/h3-15,27H,16-19H2,1-2H3. The van der Waals surface area contributed by atoms with Gasteiger partial charge in [-0.2, -0.15) is 0 Å². The van der Waals surface area contributed by atoms with E-state index in [1.165, 1.54) is 29.1 Å². The second-order valence-electron chi connectivity index (χ2n) is 7.26. The molecular weight excluding hydrogens is 412 g/mol. The van der Waals surface area contributed by atoms with E-state index in [9.17, 15) is 13.5 Å². The first-order chi connectivity index (χ1) is 15.0. The molecule has 0 saturated carbocycles. The van der Waals surface area contributed by atoms with Crippen molar-refractivity contribution in [3.05, 3.63) is 90.0 Å². The highest BCUT2D eigenvalue weighted by Crippen LogP contribution is 2.29. The second kappa shape index (κ2) is 10.4. The van der Waals surface area contributed by atoms with Gasteiger partial charge in [0.25, 0.3) is 10.0 Å². The Morgan fingerprint density at radius 1 is 0.871 bits per heavy atom. The average Bonchev–Trinajstić information content (AvgIpc) is 2.78. The zero-order valence-corrected chi connectivity index (χ0v) is 18.6. The fraction of sp³-hybridized carbons (Fsp3) is 0.250. The van der Waals surface area contributed by atoms with Gasteiger partial charge in [0.2, 0.25) is 0 Å². The molecule has 31 heavy (non-hydrogen) atoms. The third kappa shape index (κ3) is 5.64. The quantitative estimate of drug-likeness (QED) is 0.522. The van der Waals surface area contributed by atoms with Gasteiger partial charge in [-0.25, -0.2) is 8.42 Å². The summed E-state index contributed by atoms with van der Waals surface area (Å²) in [4.78, 5) is 2.28. The SMILES string of the molecule is COc1ccc(S(=O)(=O)N(CCO)c2ccccc2CN(C)Cc2ccccc2)cc1. The van der Waals surface area contributed by atoms with Gasteiger partial charge < -0.3 is 9.84 Å². The molecule has 0 fully saturated rings. The van der Waals surface area contributed by atoms with Crippen molar-refractivity contribution in [3.8, 4) is 5.75 Å². The molecule has 0 bridgehead atoms. The van der Waals surface area contributed by atoms with Gasteiger partial charge in [-0.1, -0.05) is 48.5 Å². The number of benzene rings is 3. The van der Waals surface area contributed by atoms with Crippen LogP contribution in [0.25, 0.3) is 0 Å². The molecule has 164 valence electrons. The van der Waals surface area contributed by atoms with Crippen LogP contribution in [0.15, 0.2) is 83.8 Å². The van der Waals surface area contributed by atoms with E-state index >= 15 is 0 Å². The molecule has 1 N–H and O–H groups in total. The van der Waals surface area contributed by atoms with Crippen LogP contribution >= 0.6 is 0 Å². The highest BCUT2D eigenvalue weighted by molar-refractivity contribution is 7.92. The van der Waals surface area contributed by atoms with Crippen LogP contribution in [-0.2, 0) is 23.1 Å². The van der Waals surface area contributed by atoms with Crippen molar-refractivity contribution in [1.82, 2.24) is 4.90 Å². The lowest BCUT2D eigenvalue weighted by atomic mass is 10.1. The minimum absolute atomic E-state index is 0.0340. The fourth-order valence-electron chi connectivity index (χ4n) is 3.47. The van der Waals surface area contributed by atoms with E-state index in [0.717, 1.165) is 12.1 Å². The Balaban J connectivity index is 1.90. The number of methoxy groups -OCH3 is 1. The summed E-state index contributed by atoms with van der Waals surface area (Å²) >= 11 is 0. The number of hydrogen-bond acceptors (Lipinski definition) is 5. The van der Waals surface area contributed by atoms with Gasteiger partial charge in [0.05, 0.1) is 30.8 Å². The Bertz CT molecular complexity index is 1070. The Kier molecular flexibility index (Phi) is 7.68. The Morgan fingerprint density at radius 2 is 1.52 bits per heavy atom. The van der Waals surface area contributed by atoms with E-state index < -0.39 is 10.0 Å². The van der Waals surface area contributed by atoms with Crippen LogP contribution in [0.4, 0.5) is 5.69 Å². The minimum atomic E-state index is -3.86. The van der Waals surface area contributed by atoms with E-state index in [0.29, 0.717) is 18.0 Å². The molecule has 0 aliphatic heterocycles. The number of hydrogen-bond donors (Lipinski definition) is 1. The van der Waals surface area contributed by atoms with Crippen LogP contribution in [0.1, 0.15) is 11.1 Å². The third-order valence-corrected chi connectivity index (χ3v) is 6.77. The van der Waals surface area contributed by atoms with Gasteiger partial charge in [-0.15, -0.1) is 0 Å². The lowest BCUT2D eigenvalue weighted by Crippen LogP contribution is -2.35. The van der Waals surface area contributed by atoms with Gasteiger partial charge in [0.1, 0.15) is 5.75 Å². The number of sulfonamides is 1. The Hall–Kier alpha value is -2.87. The zero-order chi connectivity index (χ0) is 22.3. The fourth-order valence-corrected chi connectivity index (χ4v) is 4.96. The minimum Gasteiger partial charge on any atom is -0.497 e. The number of rotatable bonds is 10. The van der Waals surface area contributed by atoms with Crippen LogP contribution in [0, 0.1) is 0 Å². The van der Waals surface area contributed by atoms with Crippen LogP contribution in [0.2, 0.25) is 0 Å². The van der Waals surface area contributed by atoms with Gasteiger partial charge in [0.15, 0.2) is 0 Å². The predicted molar refractivity (Wildman–Crippen MR) is 123 cm³/mol.